The van der Waals surface area contributed by atoms with E-state index >= 15 is 0 Å². The van der Waals surface area contributed by atoms with E-state index in [9.17, 15) is 9.59 Å². The van der Waals surface area contributed by atoms with Crippen LogP contribution in [0.4, 0.5) is 5.69 Å². The predicted octanol–water partition coefficient (Wildman–Crippen LogP) is 4.57. The van der Waals surface area contributed by atoms with Gasteiger partial charge in [0, 0.05) is 31.6 Å². The molecular weight excluding hydrogens is 300 g/mol. The summed E-state index contributed by atoms with van der Waals surface area (Å²) < 4.78 is 0. The molecule has 0 unspecified atom stereocenters. The summed E-state index contributed by atoms with van der Waals surface area (Å²) in [5.74, 6) is 0.611. The molecular formula is C20H32N2O2. The van der Waals surface area contributed by atoms with Gasteiger partial charge in [0.1, 0.15) is 0 Å². The molecule has 0 saturated carbocycles. The first-order chi connectivity index (χ1) is 11.5. The van der Waals surface area contributed by atoms with Gasteiger partial charge in [-0.1, -0.05) is 39.8 Å². The van der Waals surface area contributed by atoms with Gasteiger partial charge in [-0.2, -0.15) is 0 Å². The zero-order chi connectivity index (χ0) is 17.9. The monoisotopic (exact) mass is 332 g/mol. The summed E-state index contributed by atoms with van der Waals surface area (Å²) in [7, 11) is 0. The molecule has 2 amide bonds. The lowest BCUT2D eigenvalue weighted by molar-refractivity contribution is -0.131. The lowest BCUT2D eigenvalue weighted by Crippen LogP contribution is -2.32. The third-order valence-corrected chi connectivity index (χ3v) is 4.00. The first kappa shape index (κ1) is 20.2. The van der Waals surface area contributed by atoms with E-state index < -0.39 is 0 Å². The van der Waals surface area contributed by atoms with Crippen molar-refractivity contribution in [1.82, 2.24) is 4.90 Å². The van der Waals surface area contributed by atoms with Crippen LogP contribution in [0.2, 0.25) is 0 Å². The molecule has 0 aromatic heterocycles. The van der Waals surface area contributed by atoms with Crippen LogP contribution in [0.25, 0.3) is 0 Å². The predicted molar refractivity (Wildman–Crippen MR) is 100 cm³/mol. The van der Waals surface area contributed by atoms with Crippen molar-refractivity contribution in [2.75, 3.05) is 18.4 Å². The fourth-order valence-corrected chi connectivity index (χ4v) is 2.63. The normalized spacial score (nSPS) is 10.7. The van der Waals surface area contributed by atoms with Crippen molar-refractivity contribution in [1.29, 1.82) is 0 Å². The minimum atomic E-state index is -0.0300. The summed E-state index contributed by atoms with van der Waals surface area (Å²) in [5, 5.41) is 2.90. The number of benzene rings is 1. The smallest absolute Gasteiger partial charge is 0.224 e. The van der Waals surface area contributed by atoms with E-state index in [4.69, 9.17) is 0 Å². The van der Waals surface area contributed by atoms with E-state index in [1.807, 2.05) is 29.2 Å². The number of carbonyl (C=O) groups excluding carboxylic acids is 2. The number of anilines is 1. The fraction of sp³-hybridized carbons (Fsp3) is 0.600. The second-order valence-electron chi connectivity index (χ2n) is 6.56. The quantitative estimate of drug-likeness (QED) is 0.682. The van der Waals surface area contributed by atoms with Crippen LogP contribution >= 0.6 is 0 Å². The standard InChI is InChI=1S/C20H32N2O2/c1-5-14-22(15-6-2)20(24)9-7-8-19(23)21-18-12-10-17(11-13-18)16(3)4/h10-13,16H,5-9,14-15H2,1-4H3,(H,21,23). The van der Waals surface area contributed by atoms with Gasteiger partial charge >= 0.3 is 0 Å². The number of hydrogen-bond donors (Lipinski definition) is 1. The maximum absolute atomic E-state index is 12.2. The first-order valence-corrected chi connectivity index (χ1v) is 9.15. The molecule has 0 aliphatic carbocycles. The number of nitrogens with one attached hydrogen (secondary N) is 1. The Hall–Kier alpha value is -1.84. The summed E-state index contributed by atoms with van der Waals surface area (Å²) in [4.78, 5) is 26.1. The second kappa shape index (κ2) is 10.8. The van der Waals surface area contributed by atoms with Gasteiger partial charge in [-0.05, 0) is 42.9 Å². The molecule has 0 aliphatic rings. The van der Waals surface area contributed by atoms with Crippen LogP contribution < -0.4 is 5.32 Å². The van der Waals surface area contributed by atoms with Gasteiger partial charge in [0.2, 0.25) is 11.8 Å². The van der Waals surface area contributed by atoms with Gasteiger partial charge in [-0.25, -0.2) is 0 Å². The highest BCUT2D eigenvalue weighted by Gasteiger charge is 2.12. The summed E-state index contributed by atoms with van der Waals surface area (Å²) >= 11 is 0. The Morgan fingerprint density at radius 2 is 1.58 bits per heavy atom. The maximum atomic E-state index is 12.2. The van der Waals surface area contributed by atoms with Crippen molar-refractivity contribution in [3.63, 3.8) is 0 Å². The highest BCUT2D eigenvalue weighted by atomic mass is 16.2. The number of hydrogen-bond acceptors (Lipinski definition) is 2. The van der Waals surface area contributed by atoms with Crippen LogP contribution in [0.3, 0.4) is 0 Å². The molecule has 0 heterocycles. The lowest BCUT2D eigenvalue weighted by atomic mass is 10.0. The van der Waals surface area contributed by atoms with E-state index in [-0.39, 0.29) is 11.8 Å². The van der Waals surface area contributed by atoms with E-state index in [1.165, 1.54) is 5.56 Å². The Bertz CT molecular complexity index is 503. The van der Waals surface area contributed by atoms with Gasteiger partial charge in [-0.3, -0.25) is 9.59 Å². The van der Waals surface area contributed by atoms with E-state index in [0.29, 0.717) is 25.2 Å². The highest BCUT2D eigenvalue weighted by molar-refractivity contribution is 5.91. The average Bonchev–Trinajstić information content (AvgIpc) is 2.55. The molecule has 1 aromatic carbocycles. The van der Waals surface area contributed by atoms with Crippen molar-refractivity contribution < 1.29 is 9.59 Å². The molecule has 134 valence electrons. The number of rotatable bonds is 10. The molecule has 0 atom stereocenters. The Balaban J connectivity index is 2.36. The average molecular weight is 332 g/mol. The van der Waals surface area contributed by atoms with Crippen molar-refractivity contribution in [3.8, 4) is 0 Å². The summed E-state index contributed by atoms with van der Waals surface area (Å²) in [6.45, 7) is 10.1. The van der Waals surface area contributed by atoms with Crippen LogP contribution in [0, 0.1) is 0 Å². The Morgan fingerprint density at radius 1 is 1.00 bits per heavy atom. The van der Waals surface area contributed by atoms with Gasteiger partial charge in [0.25, 0.3) is 0 Å². The van der Waals surface area contributed by atoms with Gasteiger partial charge in [-0.15, -0.1) is 0 Å². The van der Waals surface area contributed by atoms with E-state index in [1.54, 1.807) is 0 Å². The van der Waals surface area contributed by atoms with Crippen molar-refractivity contribution in [2.45, 2.75) is 65.7 Å². The lowest BCUT2D eigenvalue weighted by Gasteiger charge is -2.21. The topological polar surface area (TPSA) is 49.4 Å². The van der Waals surface area contributed by atoms with Crippen LogP contribution in [0.5, 0.6) is 0 Å². The molecule has 0 saturated heterocycles. The van der Waals surface area contributed by atoms with Crippen molar-refractivity contribution >= 4 is 17.5 Å². The number of amides is 2. The van der Waals surface area contributed by atoms with Gasteiger partial charge < -0.3 is 10.2 Å². The number of nitrogens with zero attached hydrogens (tertiary/aromatic N) is 1. The molecule has 1 rings (SSSR count). The third-order valence-electron chi connectivity index (χ3n) is 4.00. The van der Waals surface area contributed by atoms with Gasteiger partial charge in [0.15, 0.2) is 0 Å². The van der Waals surface area contributed by atoms with Crippen LogP contribution in [-0.4, -0.2) is 29.8 Å². The summed E-state index contributed by atoms with van der Waals surface area (Å²) in [6.07, 6.45) is 3.36. The molecule has 0 aliphatic heterocycles. The molecule has 24 heavy (non-hydrogen) atoms. The summed E-state index contributed by atoms with van der Waals surface area (Å²) in [6, 6.07) is 7.94. The molecule has 1 N–H and O–H groups in total. The van der Waals surface area contributed by atoms with Crippen LogP contribution in [0.15, 0.2) is 24.3 Å². The molecule has 4 nitrogen and oxygen atoms in total. The van der Waals surface area contributed by atoms with Gasteiger partial charge in [0.05, 0.1) is 0 Å². The molecule has 0 fully saturated rings. The third kappa shape index (κ3) is 7.16. The molecule has 0 spiro atoms. The van der Waals surface area contributed by atoms with Crippen molar-refractivity contribution in [2.24, 2.45) is 0 Å². The Labute approximate surface area is 146 Å². The zero-order valence-corrected chi connectivity index (χ0v) is 15.6. The summed E-state index contributed by atoms with van der Waals surface area (Å²) in [5.41, 5.74) is 2.07. The molecule has 0 bridgehead atoms. The van der Waals surface area contributed by atoms with Crippen LogP contribution in [0.1, 0.15) is 71.3 Å². The second-order valence-corrected chi connectivity index (χ2v) is 6.56. The fourth-order valence-electron chi connectivity index (χ4n) is 2.63. The first-order valence-electron chi connectivity index (χ1n) is 9.15. The molecule has 0 radical (unpaired) electrons. The Morgan fingerprint density at radius 3 is 2.08 bits per heavy atom. The highest BCUT2D eigenvalue weighted by Crippen LogP contribution is 2.17. The molecule has 1 aromatic rings. The SMILES string of the molecule is CCCN(CCC)C(=O)CCCC(=O)Nc1ccc(C(C)C)cc1. The van der Waals surface area contributed by atoms with E-state index in [0.717, 1.165) is 31.6 Å². The largest absolute Gasteiger partial charge is 0.343 e. The Kier molecular flexibility index (Phi) is 9.13. The van der Waals surface area contributed by atoms with E-state index in [2.05, 4.69) is 33.0 Å². The molecule has 4 heteroatoms. The zero-order valence-electron chi connectivity index (χ0n) is 15.6. The number of carbonyl (C=O) groups is 2. The van der Waals surface area contributed by atoms with Crippen molar-refractivity contribution in [3.05, 3.63) is 29.8 Å². The minimum Gasteiger partial charge on any atom is -0.343 e. The van der Waals surface area contributed by atoms with Crippen LogP contribution in [-0.2, 0) is 9.59 Å². The minimum absolute atomic E-state index is 0.0300. The maximum Gasteiger partial charge on any atom is 0.224 e.